The van der Waals surface area contributed by atoms with Crippen molar-refractivity contribution < 1.29 is 23.1 Å². The second kappa shape index (κ2) is 6.65. The van der Waals surface area contributed by atoms with Gasteiger partial charge in [0.2, 0.25) is 0 Å². The molecule has 2 atom stereocenters. The predicted octanol–water partition coefficient (Wildman–Crippen LogP) is 3.38. The maximum absolute atomic E-state index is 14.1. The van der Waals surface area contributed by atoms with Crippen LogP contribution < -0.4 is 5.32 Å². The van der Waals surface area contributed by atoms with Crippen LogP contribution in [0.1, 0.15) is 29.2 Å². The molecule has 0 aliphatic heterocycles. The van der Waals surface area contributed by atoms with Crippen LogP contribution in [0.5, 0.6) is 0 Å². The summed E-state index contributed by atoms with van der Waals surface area (Å²) in [7, 11) is 0. The maximum Gasteiger partial charge on any atom is 0.321 e. The zero-order chi connectivity index (χ0) is 17.3. The van der Waals surface area contributed by atoms with Crippen molar-refractivity contribution in [3.63, 3.8) is 0 Å². The first-order valence-corrected chi connectivity index (χ1v) is 7.66. The lowest BCUT2D eigenvalue weighted by molar-refractivity contribution is -0.139. The van der Waals surface area contributed by atoms with E-state index in [1.807, 2.05) is 6.07 Å². The topological polar surface area (TPSA) is 49.3 Å². The molecule has 3 rings (SSSR count). The third-order valence-electron chi connectivity index (χ3n) is 4.32. The monoisotopic (exact) mass is 335 g/mol. The highest BCUT2D eigenvalue weighted by Crippen LogP contribution is 2.35. The number of benzene rings is 2. The number of hydrogen-bond donors (Lipinski definition) is 2. The first kappa shape index (κ1) is 16.5. The van der Waals surface area contributed by atoms with Crippen molar-refractivity contribution in [1.82, 2.24) is 5.32 Å². The minimum Gasteiger partial charge on any atom is -0.480 e. The molecule has 24 heavy (non-hydrogen) atoms. The highest BCUT2D eigenvalue weighted by Gasteiger charge is 2.32. The van der Waals surface area contributed by atoms with Crippen molar-refractivity contribution in [2.75, 3.05) is 0 Å². The second-order valence-corrected chi connectivity index (χ2v) is 5.90. The summed E-state index contributed by atoms with van der Waals surface area (Å²) in [6.45, 7) is 0. The van der Waals surface area contributed by atoms with E-state index in [2.05, 4.69) is 5.32 Å². The fourth-order valence-electron chi connectivity index (χ4n) is 3.16. The quantitative estimate of drug-likeness (QED) is 0.824. The third-order valence-corrected chi connectivity index (χ3v) is 4.32. The highest BCUT2D eigenvalue weighted by atomic mass is 19.2. The van der Waals surface area contributed by atoms with E-state index in [1.165, 1.54) is 0 Å². The molecule has 0 saturated heterocycles. The summed E-state index contributed by atoms with van der Waals surface area (Å²) in [5, 5.41) is 12.3. The third kappa shape index (κ3) is 3.14. The lowest BCUT2D eigenvalue weighted by Gasteiger charge is -2.21. The summed E-state index contributed by atoms with van der Waals surface area (Å²) < 4.78 is 40.9. The molecule has 0 aromatic heterocycles. The Balaban J connectivity index is 1.83. The summed E-state index contributed by atoms with van der Waals surface area (Å²) >= 11 is 0. The molecule has 1 unspecified atom stereocenters. The Morgan fingerprint density at radius 3 is 2.58 bits per heavy atom. The Bertz CT molecular complexity index is 765. The van der Waals surface area contributed by atoms with E-state index < -0.39 is 35.5 Å². The fourth-order valence-corrected chi connectivity index (χ4v) is 3.16. The summed E-state index contributed by atoms with van der Waals surface area (Å²) in [5.41, 5.74) is 1.24. The Kier molecular flexibility index (Phi) is 4.57. The van der Waals surface area contributed by atoms with Gasteiger partial charge in [-0.3, -0.25) is 10.1 Å². The molecular formula is C18H16F3NO2. The van der Waals surface area contributed by atoms with Crippen LogP contribution in [0.15, 0.2) is 36.4 Å². The molecule has 3 nitrogen and oxygen atoms in total. The number of rotatable bonds is 5. The Hall–Kier alpha value is -2.34. The molecule has 0 saturated carbocycles. The van der Waals surface area contributed by atoms with Crippen molar-refractivity contribution in [3.8, 4) is 0 Å². The van der Waals surface area contributed by atoms with Gasteiger partial charge in [0.05, 0.1) is 0 Å². The molecule has 2 N–H and O–H groups in total. The van der Waals surface area contributed by atoms with Crippen LogP contribution in [0, 0.1) is 17.5 Å². The highest BCUT2D eigenvalue weighted by molar-refractivity contribution is 5.74. The molecule has 0 radical (unpaired) electrons. The van der Waals surface area contributed by atoms with Gasteiger partial charge in [-0.15, -0.1) is 0 Å². The molecular weight excluding hydrogens is 319 g/mol. The molecule has 0 heterocycles. The maximum atomic E-state index is 14.1. The molecule has 2 aromatic rings. The number of aliphatic carboxylic acids is 1. The van der Waals surface area contributed by atoms with Crippen molar-refractivity contribution >= 4 is 5.97 Å². The lowest BCUT2D eigenvalue weighted by atomic mass is 10.0. The van der Waals surface area contributed by atoms with Gasteiger partial charge in [0.25, 0.3) is 0 Å². The number of halogens is 3. The summed E-state index contributed by atoms with van der Waals surface area (Å²) in [5.74, 6) is -5.04. The van der Waals surface area contributed by atoms with Gasteiger partial charge in [0.1, 0.15) is 6.04 Å². The fraction of sp³-hybridized carbons (Fsp3) is 0.278. The summed E-state index contributed by atoms with van der Waals surface area (Å²) in [6.07, 6.45) is 0.986. The van der Waals surface area contributed by atoms with Crippen LogP contribution in [0.2, 0.25) is 0 Å². The van der Waals surface area contributed by atoms with Crippen LogP contribution in [0.3, 0.4) is 0 Å². The van der Waals surface area contributed by atoms with Crippen molar-refractivity contribution in [2.24, 2.45) is 0 Å². The SMILES string of the molecule is O=C(O)[C@H](Cc1ccccc1)NC1CCc2cc(F)c(F)c(F)c21. The van der Waals surface area contributed by atoms with Crippen LogP contribution in [0.25, 0.3) is 0 Å². The molecule has 126 valence electrons. The summed E-state index contributed by atoms with van der Waals surface area (Å²) in [4.78, 5) is 11.5. The number of carboxylic acid groups (broad SMARTS) is 1. The standard InChI is InChI=1S/C18H16F3NO2/c19-12-9-11-6-7-13(15(11)17(21)16(12)20)22-14(18(23)24)8-10-4-2-1-3-5-10/h1-5,9,13-14,22H,6-8H2,(H,23,24)/t13?,14-/m0/s1. The van der Waals surface area contributed by atoms with Gasteiger partial charge in [-0.1, -0.05) is 30.3 Å². The van der Waals surface area contributed by atoms with Crippen LogP contribution in [-0.2, 0) is 17.6 Å². The zero-order valence-electron chi connectivity index (χ0n) is 12.7. The Labute approximate surface area is 137 Å². The van der Waals surface area contributed by atoms with Crippen molar-refractivity contribution in [2.45, 2.75) is 31.3 Å². The molecule has 0 fully saturated rings. The van der Waals surface area contributed by atoms with E-state index in [0.717, 1.165) is 11.6 Å². The van der Waals surface area contributed by atoms with E-state index in [9.17, 15) is 23.1 Å². The normalized spacial score (nSPS) is 17.5. The summed E-state index contributed by atoms with van der Waals surface area (Å²) in [6, 6.07) is 8.42. The van der Waals surface area contributed by atoms with Gasteiger partial charge in [0.15, 0.2) is 17.5 Å². The number of hydrogen-bond acceptors (Lipinski definition) is 2. The van der Waals surface area contributed by atoms with Gasteiger partial charge >= 0.3 is 5.97 Å². The van der Waals surface area contributed by atoms with E-state index in [4.69, 9.17) is 0 Å². The number of fused-ring (bicyclic) bond motifs is 1. The minimum atomic E-state index is -1.52. The molecule has 1 aliphatic carbocycles. The van der Waals surface area contributed by atoms with Crippen LogP contribution in [-0.4, -0.2) is 17.1 Å². The number of nitrogens with one attached hydrogen (secondary N) is 1. The smallest absolute Gasteiger partial charge is 0.321 e. The number of aryl methyl sites for hydroxylation is 1. The Morgan fingerprint density at radius 2 is 1.92 bits per heavy atom. The molecule has 0 bridgehead atoms. The molecule has 0 amide bonds. The second-order valence-electron chi connectivity index (χ2n) is 5.90. The average molecular weight is 335 g/mol. The molecule has 0 spiro atoms. The van der Waals surface area contributed by atoms with Gasteiger partial charge < -0.3 is 5.11 Å². The largest absolute Gasteiger partial charge is 0.480 e. The number of carboxylic acids is 1. The lowest BCUT2D eigenvalue weighted by Crippen LogP contribution is -2.40. The molecule has 6 heteroatoms. The zero-order valence-corrected chi connectivity index (χ0v) is 12.7. The first-order valence-electron chi connectivity index (χ1n) is 7.66. The van der Waals surface area contributed by atoms with Crippen LogP contribution >= 0.6 is 0 Å². The Morgan fingerprint density at radius 1 is 1.21 bits per heavy atom. The predicted molar refractivity (Wildman–Crippen MR) is 82.1 cm³/mol. The van der Waals surface area contributed by atoms with E-state index in [0.29, 0.717) is 18.4 Å². The first-order chi connectivity index (χ1) is 11.5. The minimum absolute atomic E-state index is 0.0354. The van der Waals surface area contributed by atoms with E-state index >= 15 is 0 Å². The van der Waals surface area contributed by atoms with E-state index in [1.54, 1.807) is 24.3 Å². The van der Waals surface area contributed by atoms with Gasteiger partial charge in [0, 0.05) is 11.6 Å². The average Bonchev–Trinajstić information content (AvgIpc) is 2.95. The van der Waals surface area contributed by atoms with Gasteiger partial charge in [-0.25, -0.2) is 13.2 Å². The van der Waals surface area contributed by atoms with Gasteiger partial charge in [-0.05, 0) is 36.5 Å². The van der Waals surface area contributed by atoms with Crippen molar-refractivity contribution in [1.29, 1.82) is 0 Å². The van der Waals surface area contributed by atoms with Gasteiger partial charge in [-0.2, -0.15) is 0 Å². The molecule has 2 aromatic carbocycles. The van der Waals surface area contributed by atoms with Crippen molar-refractivity contribution in [3.05, 3.63) is 70.5 Å². The molecule has 1 aliphatic rings. The number of carbonyl (C=O) groups is 1. The van der Waals surface area contributed by atoms with E-state index in [-0.39, 0.29) is 12.0 Å². The van der Waals surface area contributed by atoms with Crippen LogP contribution in [0.4, 0.5) is 13.2 Å².